The van der Waals surface area contributed by atoms with Gasteiger partial charge in [0.1, 0.15) is 5.60 Å². The van der Waals surface area contributed by atoms with E-state index in [0.717, 1.165) is 16.3 Å². The number of rotatable bonds is 9. The smallest absolute Gasteiger partial charge is 0.359 e. The first kappa shape index (κ1) is 23.9. The number of methoxy groups -OCH3 is 1. The van der Waals surface area contributed by atoms with Crippen molar-refractivity contribution in [2.45, 2.75) is 24.6 Å². The highest BCUT2D eigenvalue weighted by atomic mass is 35.5. The van der Waals surface area contributed by atoms with E-state index in [1.807, 2.05) is 60.9 Å². The zero-order chi connectivity index (χ0) is 23.3. The Morgan fingerprint density at radius 1 is 1.19 bits per heavy atom. The number of imidazole rings is 1. The first-order chi connectivity index (χ1) is 15.3. The third-order valence-electron chi connectivity index (χ3n) is 4.57. The molecule has 0 bridgehead atoms. The van der Waals surface area contributed by atoms with Crippen LogP contribution in [0.5, 0.6) is 0 Å². The van der Waals surface area contributed by atoms with Gasteiger partial charge in [-0.3, -0.25) is 4.57 Å². The number of hydrogen-bond donors (Lipinski definition) is 1. The van der Waals surface area contributed by atoms with Crippen LogP contribution >= 0.6 is 11.8 Å². The van der Waals surface area contributed by atoms with E-state index in [-0.39, 0.29) is 12.3 Å². The van der Waals surface area contributed by atoms with E-state index in [1.165, 1.54) is 11.8 Å². The Kier molecular flexibility index (Phi) is 7.66. The zero-order valence-electron chi connectivity index (χ0n) is 18.5. The van der Waals surface area contributed by atoms with Crippen LogP contribution in [0.2, 0.25) is 5.02 Å². The Balaban J connectivity index is 2.07. The van der Waals surface area contributed by atoms with E-state index in [4.69, 9.17) is 21.1 Å². The minimum Gasteiger partial charge on any atom is -0.452 e. The molecule has 0 radical (unpaired) electrons. The SMILES string of the molecule is C=C(Nc1nc(SC)n(-c2ccccc2)c1C(=O)OC(C)(C)COC)c1ccc([ClH+])cc1. The van der Waals surface area contributed by atoms with Crippen molar-refractivity contribution in [3.05, 3.63) is 77.5 Å². The molecule has 0 atom stereocenters. The van der Waals surface area contributed by atoms with Crippen molar-refractivity contribution < 1.29 is 25.9 Å². The second-order valence-corrected chi connectivity index (χ2v) is 8.92. The average molecular weight is 473 g/mol. The van der Waals surface area contributed by atoms with Crippen molar-refractivity contribution >= 4 is 29.2 Å². The lowest BCUT2D eigenvalue weighted by Gasteiger charge is -2.24. The number of carbonyl (C=O) groups excluding carboxylic acids is 1. The Morgan fingerprint density at radius 3 is 2.44 bits per heavy atom. The molecular formula is C24H27ClN3O3S+. The zero-order valence-corrected chi connectivity index (χ0v) is 20.2. The maximum absolute atomic E-state index is 13.4. The molecule has 0 unspecified atom stereocenters. The predicted molar refractivity (Wildman–Crippen MR) is 126 cm³/mol. The number of ether oxygens (including phenoxy) is 2. The van der Waals surface area contributed by atoms with E-state index >= 15 is 0 Å². The summed E-state index contributed by atoms with van der Waals surface area (Å²) in [5.41, 5.74) is 1.71. The average Bonchev–Trinajstić information content (AvgIpc) is 3.12. The number of carbonyl (C=O) groups is 1. The van der Waals surface area contributed by atoms with E-state index in [2.05, 4.69) is 16.9 Å². The molecule has 6 nitrogen and oxygen atoms in total. The fourth-order valence-corrected chi connectivity index (χ4v) is 3.87. The molecular weight excluding hydrogens is 446 g/mol. The molecule has 168 valence electrons. The summed E-state index contributed by atoms with van der Waals surface area (Å²) in [7, 11) is 1.57. The second kappa shape index (κ2) is 10.3. The normalized spacial score (nSPS) is 11.3. The molecule has 3 rings (SSSR count). The summed E-state index contributed by atoms with van der Waals surface area (Å²) in [4.78, 5) is 18.1. The molecule has 0 spiro atoms. The van der Waals surface area contributed by atoms with Gasteiger partial charge in [-0.05, 0) is 49.9 Å². The van der Waals surface area contributed by atoms with Gasteiger partial charge in [-0.2, -0.15) is 0 Å². The van der Waals surface area contributed by atoms with Crippen molar-refractivity contribution in [3.63, 3.8) is 0 Å². The second-order valence-electron chi connectivity index (χ2n) is 7.68. The molecule has 1 N–H and O–H groups in total. The van der Waals surface area contributed by atoms with Crippen molar-refractivity contribution in [3.8, 4) is 5.69 Å². The summed E-state index contributed by atoms with van der Waals surface area (Å²) >= 11 is 6.60. The summed E-state index contributed by atoms with van der Waals surface area (Å²) in [6, 6.07) is 17.0. The van der Waals surface area contributed by atoms with Crippen LogP contribution in [-0.4, -0.2) is 41.1 Å². The van der Waals surface area contributed by atoms with E-state index < -0.39 is 11.6 Å². The summed E-state index contributed by atoms with van der Waals surface area (Å²) < 4.78 is 12.8. The molecule has 1 heterocycles. The Hall–Kier alpha value is -2.74. The van der Waals surface area contributed by atoms with Crippen molar-refractivity contribution in [2.24, 2.45) is 0 Å². The lowest BCUT2D eigenvalue weighted by Crippen LogP contribution is -2.33. The lowest BCUT2D eigenvalue weighted by atomic mass is 10.1. The Bertz CT molecular complexity index is 1100. The van der Waals surface area contributed by atoms with E-state index in [1.54, 1.807) is 25.5 Å². The molecule has 0 aliphatic heterocycles. The fraction of sp³-hybridized carbons (Fsp3) is 0.250. The van der Waals surface area contributed by atoms with Gasteiger partial charge in [-0.15, -0.1) is 0 Å². The monoisotopic (exact) mass is 472 g/mol. The van der Waals surface area contributed by atoms with E-state index in [0.29, 0.717) is 16.7 Å². The van der Waals surface area contributed by atoms with Gasteiger partial charge in [-0.25, -0.2) is 9.78 Å². The Morgan fingerprint density at radius 2 is 1.84 bits per heavy atom. The molecule has 0 aliphatic carbocycles. The number of thioether (sulfide) groups is 1. The topological polar surface area (TPSA) is 65.4 Å². The molecule has 1 aromatic heterocycles. The van der Waals surface area contributed by atoms with Crippen LogP contribution in [0.4, 0.5) is 5.82 Å². The van der Waals surface area contributed by atoms with Crippen LogP contribution in [0.1, 0.15) is 29.9 Å². The number of halogens is 1. The number of nitrogens with one attached hydrogen (secondary N) is 1. The molecule has 2 aromatic carbocycles. The summed E-state index contributed by atoms with van der Waals surface area (Å²) in [6.07, 6.45) is 1.91. The van der Waals surface area contributed by atoms with Crippen LogP contribution in [0, 0.1) is 11.6 Å². The maximum Gasteiger partial charge on any atom is 0.359 e. The minimum absolute atomic E-state index is 0.260. The third-order valence-corrected chi connectivity index (χ3v) is 5.48. The number of aromatic nitrogens is 2. The predicted octanol–water partition coefficient (Wildman–Crippen LogP) is 4.96. The van der Waals surface area contributed by atoms with Crippen molar-refractivity contribution in [1.82, 2.24) is 9.55 Å². The highest BCUT2D eigenvalue weighted by Crippen LogP contribution is 2.31. The van der Waals surface area contributed by atoms with Gasteiger partial charge in [0, 0.05) is 30.6 Å². The standard InChI is InChI=1S/C24H26ClN3O3S/c1-16(17-11-13-18(25)14-12-17)26-21-20(22(29)31-24(2,3)15-30-4)28(23(27-21)32-5)19-9-7-6-8-10-19/h6-14,25H,1,15H2,2-5H3/p+1. The maximum atomic E-state index is 13.4. The molecule has 0 aliphatic rings. The first-order valence-electron chi connectivity index (χ1n) is 9.93. The lowest BCUT2D eigenvalue weighted by molar-refractivity contribution is -0.288. The first-order valence-corrected chi connectivity index (χ1v) is 11.6. The van der Waals surface area contributed by atoms with Gasteiger partial charge >= 0.3 is 5.97 Å². The fourth-order valence-electron chi connectivity index (χ4n) is 3.18. The molecule has 3 aromatic rings. The molecule has 32 heavy (non-hydrogen) atoms. The van der Waals surface area contributed by atoms with Crippen LogP contribution in [0.15, 0.2) is 66.3 Å². The highest BCUT2D eigenvalue weighted by molar-refractivity contribution is 7.98. The van der Waals surface area contributed by atoms with Gasteiger partial charge in [0.2, 0.25) is 5.02 Å². The largest absolute Gasteiger partial charge is 0.452 e. The number of anilines is 1. The molecule has 0 saturated heterocycles. The number of nitrogens with zero attached hydrogens (tertiary/aromatic N) is 2. The number of esters is 1. The third kappa shape index (κ3) is 5.54. The van der Waals surface area contributed by atoms with Gasteiger partial charge in [0.05, 0.1) is 6.61 Å². The highest BCUT2D eigenvalue weighted by Gasteiger charge is 2.31. The minimum atomic E-state index is -0.815. The van der Waals surface area contributed by atoms with Gasteiger partial charge in [-0.1, -0.05) is 36.5 Å². The number of para-hydroxylation sites is 1. The van der Waals surface area contributed by atoms with Crippen LogP contribution < -0.4 is 5.32 Å². The molecule has 0 fully saturated rings. The summed E-state index contributed by atoms with van der Waals surface area (Å²) in [5, 5.41) is 4.59. The summed E-state index contributed by atoms with van der Waals surface area (Å²) in [5.74, 6) is -0.149. The molecule has 8 heteroatoms. The van der Waals surface area contributed by atoms with Crippen LogP contribution in [-0.2, 0) is 9.47 Å². The van der Waals surface area contributed by atoms with Gasteiger partial charge in [0.25, 0.3) is 0 Å². The van der Waals surface area contributed by atoms with E-state index in [9.17, 15) is 4.79 Å². The molecule has 0 saturated carbocycles. The number of benzene rings is 2. The quantitative estimate of drug-likeness (QED) is 0.351. The number of hydrogen-bond acceptors (Lipinski definition) is 6. The summed E-state index contributed by atoms with van der Waals surface area (Å²) in [6.45, 7) is 7.98. The van der Waals surface area contributed by atoms with Gasteiger partial charge < -0.3 is 14.8 Å². The molecule has 0 amide bonds. The van der Waals surface area contributed by atoms with Crippen LogP contribution in [0.3, 0.4) is 0 Å². The van der Waals surface area contributed by atoms with Crippen molar-refractivity contribution in [2.75, 3.05) is 25.3 Å². The van der Waals surface area contributed by atoms with Crippen molar-refractivity contribution in [1.29, 1.82) is 0 Å². The van der Waals surface area contributed by atoms with Gasteiger partial charge in [0.15, 0.2) is 28.3 Å². The van der Waals surface area contributed by atoms with Crippen LogP contribution in [0.25, 0.3) is 11.4 Å². The Labute approximate surface area is 197 Å².